The van der Waals surface area contributed by atoms with Crippen LogP contribution in [0.1, 0.15) is 42.5 Å². The molecule has 2 aromatic rings. The molecule has 190 valence electrons. The summed E-state index contributed by atoms with van der Waals surface area (Å²) in [6.07, 6.45) is 5.54. The standard InChI is InChI=1S/C23H24Cl2F2N2O6/c24-16-11-28-12-17(25)21(16)29-22(31)14-6-7-18(35-23(26)27)19(10-14)33-8-2-1-5-20(30)34-13-15-4-3-9-32-15/h6-7,10-12,15,23H,1-5,8-9,13H2,(H,28,29,31). The molecule has 1 atom stereocenters. The number of aromatic nitrogens is 1. The number of carbonyl (C=O) groups excluding carboxylic acids is 2. The summed E-state index contributed by atoms with van der Waals surface area (Å²) in [6.45, 7) is -2.05. The third-order valence-electron chi connectivity index (χ3n) is 5.00. The van der Waals surface area contributed by atoms with Gasteiger partial charge in [0, 0.05) is 31.0 Å². The number of nitrogens with one attached hydrogen (secondary N) is 1. The summed E-state index contributed by atoms with van der Waals surface area (Å²) >= 11 is 12.0. The molecule has 1 unspecified atom stereocenters. The number of esters is 1. The summed E-state index contributed by atoms with van der Waals surface area (Å²) in [4.78, 5) is 28.3. The Labute approximate surface area is 210 Å². The van der Waals surface area contributed by atoms with Gasteiger partial charge in [-0.05, 0) is 43.9 Å². The Morgan fingerprint density at radius 3 is 2.63 bits per heavy atom. The lowest BCUT2D eigenvalue weighted by Gasteiger charge is -2.14. The summed E-state index contributed by atoms with van der Waals surface area (Å²) in [5, 5.41) is 2.82. The fourth-order valence-corrected chi connectivity index (χ4v) is 3.72. The number of nitrogens with zero attached hydrogens (tertiary/aromatic N) is 1. The SMILES string of the molecule is O=C(CCCCOc1cc(C(=O)Nc2c(Cl)cncc2Cl)ccc1OC(F)F)OCC1CCCO1. The number of amides is 1. The van der Waals surface area contributed by atoms with Crippen LogP contribution in [0.3, 0.4) is 0 Å². The van der Waals surface area contributed by atoms with E-state index in [1.165, 1.54) is 30.6 Å². The van der Waals surface area contributed by atoms with Crippen molar-refractivity contribution in [1.82, 2.24) is 4.98 Å². The molecule has 1 aromatic heterocycles. The maximum atomic E-state index is 12.8. The first-order valence-electron chi connectivity index (χ1n) is 10.9. The highest BCUT2D eigenvalue weighted by Crippen LogP contribution is 2.32. The van der Waals surface area contributed by atoms with Gasteiger partial charge in [0.05, 0.1) is 28.4 Å². The highest BCUT2D eigenvalue weighted by atomic mass is 35.5. The zero-order valence-corrected chi connectivity index (χ0v) is 20.1. The number of carbonyl (C=O) groups is 2. The summed E-state index contributed by atoms with van der Waals surface area (Å²) in [5.74, 6) is -1.21. The molecule has 2 heterocycles. The molecule has 1 aromatic carbocycles. The van der Waals surface area contributed by atoms with Gasteiger partial charge < -0.3 is 24.3 Å². The number of pyridine rings is 1. The lowest BCUT2D eigenvalue weighted by atomic mass is 10.2. The Kier molecular flexibility index (Phi) is 10.3. The molecule has 3 rings (SSSR count). The van der Waals surface area contributed by atoms with E-state index in [-0.39, 0.29) is 64.5 Å². The number of benzene rings is 1. The van der Waals surface area contributed by atoms with E-state index in [2.05, 4.69) is 15.0 Å². The van der Waals surface area contributed by atoms with Crippen molar-refractivity contribution in [2.75, 3.05) is 25.1 Å². The van der Waals surface area contributed by atoms with Crippen LogP contribution in [0.2, 0.25) is 10.0 Å². The zero-order valence-electron chi connectivity index (χ0n) is 18.6. The average molecular weight is 533 g/mol. The van der Waals surface area contributed by atoms with Crippen LogP contribution in [-0.2, 0) is 14.3 Å². The summed E-state index contributed by atoms with van der Waals surface area (Å²) in [7, 11) is 0. The van der Waals surface area contributed by atoms with Crippen LogP contribution < -0.4 is 14.8 Å². The lowest BCUT2D eigenvalue weighted by molar-refractivity contribution is -0.147. The molecule has 12 heteroatoms. The van der Waals surface area contributed by atoms with Gasteiger partial charge >= 0.3 is 12.6 Å². The number of anilines is 1. The number of ether oxygens (including phenoxy) is 4. The largest absolute Gasteiger partial charge is 0.490 e. The highest BCUT2D eigenvalue weighted by Gasteiger charge is 2.18. The molecule has 1 N–H and O–H groups in total. The van der Waals surface area contributed by atoms with Gasteiger partial charge in [-0.25, -0.2) is 0 Å². The van der Waals surface area contributed by atoms with Crippen molar-refractivity contribution in [2.45, 2.75) is 44.8 Å². The van der Waals surface area contributed by atoms with Crippen LogP contribution in [0, 0.1) is 0 Å². The molecule has 1 amide bonds. The number of unbranched alkanes of at least 4 members (excludes halogenated alkanes) is 1. The molecule has 0 aliphatic carbocycles. The zero-order chi connectivity index (χ0) is 25.2. The van der Waals surface area contributed by atoms with E-state index >= 15 is 0 Å². The predicted molar refractivity (Wildman–Crippen MR) is 125 cm³/mol. The number of hydrogen-bond donors (Lipinski definition) is 1. The number of alkyl halides is 2. The summed E-state index contributed by atoms with van der Waals surface area (Å²) in [6, 6.07) is 3.77. The first-order valence-corrected chi connectivity index (χ1v) is 11.7. The molecular weight excluding hydrogens is 509 g/mol. The molecule has 1 aliphatic heterocycles. The fraction of sp³-hybridized carbons (Fsp3) is 0.435. The van der Waals surface area contributed by atoms with Crippen LogP contribution in [0.15, 0.2) is 30.6 Å². The second-order valence-electron chi connectivity index (χ2n) is 7.60. The van der Waals surface area contributed by atoms with Gasteiger partial charge in [-0.1, -0.05) is 23.2 Å². The summed E-state index contributed by atoms with van der Waals surface area (Å²) in [5.41, 5.74) is 0.262. The van der Waals surface area contributed by atoms with Gasteiger partial charge in [0.2, 0.25) is 0 Å². The predicted octanol–water partition coefficient (Wildman–Crippen LogP) is 5.51. The maximum Gasteiger partial charge on any atom is 0.387 e. The minimum Gasteiger partial charge on any atom is -0.490 e. The molecule has 0 saturated carbocycles. The highest BCUT2D eigenvalue weighted by molar-refractivity contribution is 6.39. The van der Waals surface area contributed by atoms with Gasteiger partial charge in [0.1, 0.15) is 6.61 Å². The fourth-order valence-electron chi connectivity index (χ4n) is 3.26. The van der Waals surface area contributed by atoms with Gasteiger partial charge in [-0.2, -0.15) is 8.78 Å². The quantitative estimate of drug-likeness (QED) is 0.284. The van der Waals surface area contributed by atoms with Crippen molar-refractivity contribution < 1.29 is 37.3 Å². The number of halogens is 4. The molecule has 8 nitrogen and oxygen atoms in total. The molecule has 0 radical (unpaired) electrons. The van der Waals surface area contributed by atoms with Crippen molar-refractivity contribution >= 4 is 40.8 Å². The minimum atomic E-state index is -3.08. The second-order valence-corrected chi connectivity index (χ2v) is 8.41. The minimum absolute atomic E-state index is 0.0365. The average Bonchev–Trinajstić information content (AvgIpc) is 3.34. The molecule has 1 saturated heterocycles. The number of rotatable bonds is 12. The van der Waals surface area contributed by atoms with Crippen LogP contribution in [0.25, 0.3) is 0 Å². The third-order valence-corrected chi connectivity index (χ3v) is 5.57. The molecule has 1 aliphatic rings. The summed E-state index contributed by atoms with van der Waals surface area (Å²) < 4.78 is 46.2. The van der Waals surface area contributed by atoms with Gasteiger partial charge in [-0.15, -0.1) is 0 Å². The lowest BCUT2D eigenvalue weighted by Crippen LogP contribution is -2.17. The first-order chi connectivity index (χ1) is 16.8. The first kappa shape index (κ1) is 26.9. The van der Waals surface area contributed by atoms with Gasteiger partial charge in [-0.3, -0.25) is 14.6 Å². The van der Waals surface area contributed by atoms with E-state index in [1.54, 1.807) is 0 Å². The molecule has 0 bridgehead atoms. The number of hydrogen-bond acceptors (Lipinski definition) is 7. The van der Waals surface area contributed by atoms with E-state index in [0.717, 1.165) is 12.8 Å². The smallest absolute Gasteiger partial charge is 0.387 e. The Morgan fingerprint density at radius 2 is 1.94 bits per heavy atom. The van der Waals surface area contributed by atoms with Crippen molar-refractivity contribution in [3.8, 4) is 11.5 Å². The Morgan fingerprint density at radius 1 is 1.17 bits per heavy atom. The third kappa shape index (κ3) is 8.48. The van der Waals surface area contributed by atoms with E-state index in [4.69, 9.17) is 37.4 Å². The Hall–Kier alpha value is -2.69. The van der Waals surface area contributed by atoms with Gasteiger partial charge in [0.25, 0.3) is 5.91 Å². The van der Waals surface area contributed by atoms with E-state index in [0.29, 0.717) is 19.4 Å². The van der Waals surface area contributed by atoms with Crippen molar-refractivity contribution in [2.24, 2.45) is 0 Å². The Bertz CT molecular complexity index is 1000. The van der Waals surface area contributed by atoms with E-state index < -0.39 is 12.5 Å². The normalized spacial score (nSPS) is 15.2. The van der Waals surface area contributed by atoms with Crippen molar-refractivity contribution in [3.63, 3.8) is 0 Å². The van der Waals surface area contributed by atoms with Gasteiger partial charge in [0.15, 0.2) is 11.5 Å². The molecular formula is C23H24Cl2F2N2O6. The molecule has 0 spiro atoms. The Balaban J connectivity index is 1.54. The topological polar surface area (TPSA) is 96.0 Å². The van der Waals surface area contributed by atoms with Crippen molar-refractivity contribution in [1.29, 1.82) is 0 Å². The molecule has 1 fully saturated rings. The van der Waals surface area contributed by atoms with Crippen LogP contribution >= 0.6 is 23.2 Å². The van der Waals surface area contributed by atoms with E-state index in [9.17, 15) is 18.4 Å². The van der Waals surface area contributed by atoms with E-state index in [1.807, 2.05) is 0 Å². The maximum absolute atomic E-state index is 12.8. The van der Waals surface area contributed by atoms with Crippen molar-refractivity contribution in [3.05, 3.63) is 46.2 Å². The van der Waals surface area contributed by atoms with Crippen LogP contribution in [0.5, 0.6) is 11.5 Å². The second kappa shape index (κ2) is 13.4. The van der Waals surface area contributed by atoms with Crippen LogP contribution in [0.4, 0.5) is 14.5 Å². The molecule has 35 heavy (non-hydrogen) atoms. The monoisotopic (exact) mass is 532 g/mol. The van der Waals surface area contributed by atoms with Crippen LogP contribution in [-0.4, -0.2) is 49.4 Å².